The van der Waals surface area contributed by atoms with Crippen LogP contribution < -0.4 is 16.4 Å². The highest BCUT2D eigenvalue weighted by molar-refractivity contribution is 5.84. The Hall–Kier alpha value is -3.06. The van der Waals surface area contributed by atoms with E-state index in [1.54, 1.807) is 4.90 Å². The van der Waals surface area contributed by atoms with Crippen LogP contribution in [-0.2, 0) is 4.74 Å². The molecule has 1 amide bonds. The van der Waals surface area contributed by atoms with Crippen LogP contribution in [0, 0.1) is 12.3 Å². The molecule has 2 saturated carbocycles. The van der Waals surface area contributed by atoms with Gasteiger partial charge in [-0.2, -0.15) is 9.97 Å². The van der Waals surface area contributed by atoms with E-state index < -0.39 is 0 Å². The highest BCUT2D eigenvalue weighted by Crippen LogP contribution is 2.34. The number of piperidine rings is 1. The lowest BCUT2D eigenvalue weighted by Crippen LogP contribution is -2.42. The van der Waals surface area contributed by atoms with Gasteiger partial charge in [-0.3, -0.25) is 0 Å². The van der Waals surface area contributed by atoms with Crippen molar-refractivity contribution in [3.8, 4) is 12.3 Å². The normalized spacial score (nSPS) is 23.8. The van der Waals surface area contributed by atoms with Gasteiger partial charge in [0, 0.05) is 37.3 Å². The van der Waals surface area contributed by atoms with Gasteiger partial charge in [0.1, 0.15) is 0 Å². The van der Waals surface area contributed by atoms with Crippen molar-refractivity contribution in [3.63, 3.8) is 0 Å². The van der Waals surface area contributed by atoms with E-state index in [9.17, 15) is 4.79 Å². The number of terminal acetylenes is 1. The number of nitrogens with two attached hydrogens (primary N) is 1. The summed E-state index contributed by atoms with van der Waals surface area (Å²) < 4.78 is 7.31. The molecule has 3 heterocycles. The van der Waals surface area contributed by atoms with Crippen LogP contribution in [0.4, 0.5) is 16.6 Å². The maximum Gasteiger partial charge on any atom is 0.410 e. The van der Waals surface area contributed by atoms with Gasteiger partial charge >= 0.3 is 6.09 Å². The molecule has 35 heavy (non-hydrogen) atoms. The number of imidazole rings is 1. The Kier molecular flexibility index (Phi) is 7.23. The number of likely N-dealkylation sites (tertiary alicyclic amines) is 1. The van der Waals surface area contributed by atoms with Gasteiger partial charge in [-0.25, -0.2) is 9.78 Å². The van der Waals surface area contributed by atoms with Gasteiger partial charge in [0.05, 0.1) is 6.33 Å². The number of hydrogen-bond acceptors (Lipinski definition) is 8. The van der Waals surface area contributed by atoms with E-state index >= 15 is 0 Å². The number of carbonyl (C=O) groups is 1. The molecule has 5 rings (SSSR count). The second-order valence-corrected chi connectivity index (χ2v) is 10.1. The topological polar surface area (TPSA) is 123 Å². The maximum absolute atomic E-state index is 12.1. The van der Waals surface area contributed by atoms with Crippen LogP contribution in [-0.4, -0.2) is 68.3 Å². The molecule has 0 aromatic carbocycles. The van der Waals surface area contributed by atoms with E-state index in [2.05, 4.69) is 21.1 Å². The zero-order chi connectivity index (χ0) is 24.2. The summed E-state index contributed by atoms with van der Waals surface area (Å²) in [5, 5.41) is 7.19. The standard InChI is InChI=1S/C25H36N8O2/c1-2-15-35-25(34)32-13-11-19(12-14-32)28-22-21-23(33(16-27-21)20-5-3-4-6-20)31-24(30-22)29-18-9-7-17(26)8-10-18/h1,16-20H,3-15,26H2,(H2,28,29,30,31)/t17-,18-. The largest absolute Gasteiger partial charge is 0.436 e. The smallest absolute Gasteiger partial charge is 0.410 e. The summed E-state index contributed by atoms with van der Waals surface area (Å²) >= 11 is 0. The van der Waals surface area contributed by atoms with Crippen LogP contribution >= 0.6 is 0 Å². The summed E-state index contributed by atoms with van der Waals surface area (Å²) in [4.78, 5) is 28.4. The summed E-state index contributed by atoms with van der Waals surface area (Å²) in [6, 6.07) is 1.26. The Morgan fingerprint density at radius 1 is 1.06 bits per heavy atom. The van der Waals surface area contributed by atoms with Crippen LogP contribution in [0.15, 0.2) is 6.33 Å². The molecule has 3 aliphatic rings. The third kappa shape index (κ3) is 5.45. The number of nitrogens with zero attached hydrogens (tertiary/aromatic N) is 5. The van der Waals surface area contributed by atoms with Crippen molar-refractivity contribution in [1.29, 1.82) is 0 Å². The first-order valence-electron chi connectivity index (χ1n) is 13.0. The van der Waals surface area contributed by atoms with Crippen LogP contribution in [0.5, 0.6) is 0 Å². The number of carbonyl (C=O) groups excluding carboxylic acids is 1. The quantitative estimate of drug-likeness (QED) is 0.538. The van der Waals surface area contributed by atoms with Crippen molar-refractivity contribution in [2.45, 2.75) is 88.4 Å². The van der Waals surface area contributed by atoms with Crippen molar-refractivity contribution in [2.24, 2.45) is 5.73 Å². The molecule has 0 atom stereocenters. The number of aromatic nitrogens is 4. The molecule has 1 aliphatic heterocycles. The highest BCUT2D eigenvalue weighted by Gasteiger charge is 2.27. The number of amides is 1. The summed E-state index contributed by atoms with van der Waals surface area (Å²) in [6.07, 6.45) is 17.3. The fraction of sp³-hybridized carbons (Fsp3) is 0.680. The molecule has 0 unspecified atom stereocenters. The predicted molar refractivity (Wildman–Crippen MR) is 135 cm³/mol. The first-order chi connectivity index (χ1) is 17.1. The number of fused-ring (bicyclic) bond motifs is 1. The molecule has 10 heteroatoms. The zero-order valence-electron chi connectivity index (χ0n) is 20.3. The van der Waals surface area contributed by atoms with E-state index in [0.717, 1.165) is 68.3 Å². The van der Waals surface area contributed by atoms with Gasteiger partial charge < -0.3 is 30.6 Å². The van der Waals surface area contributed by atoms with E-state index in [1.165, 1.54) is 12.8 Å². The fourth-order valence-electron chi connectivity index (χ4n) is 5.57. The number of nitrogens with one attached hydrogen (secondary N) is 2. The molecule has 10 nitrogen and oxygen atoms in total. The van der Waals surface area contributed by atoms with Gasteiger partial charge in [0.15, 0.2) is 23.6 Å². The number of anilines is 2. The second kappa shape index (κ2) is 10.7. The molecule has 2 aromatic heterocycles. The van der Waals surface area contributed by atoms with E-state index in [-0.39, 0.29) is 18.7 Å². The minimum atomic E-state index is -0.347. The van der Waals surface area contributed by atoms with Crippen LogP contribution in [0.25, 0.3) is 11.2 Å². The molecular weight excluding hydrogens is 444 g/mol. The third-order valence-electron chi connectivity index (χ3n) is 7.62. The van der Waals surface area contributed by atoms with Gasteiger partial charge in [-0.15, -0.1) is 6.42 Å². The van der Waals surface area contributed by atoms with Gasteiger partial charge in [-0.05, 0) is 51.4 Å². The number of hydrogen-bond donors (Lipinski definition) is 3. The minimum Gasteiger partial charge on any atom is -0.436 e. The third-order valence-corrected chi connectivity index (χ3v) is 7.62. The van der Waals surface area contributed by atoms with Gasteiger partial charge in [0.25, 0.3) is 0 Å². The summed E-state index contributed by atoms with van der Waals surface area (Å²) in [6.45, 7) is 1.22. The zero-order valence-corrected chi connectivity index (χ0v) is 20.3. The van der Waals surface area contributed by atoms with Crippen molar-refractivity contribution in [2.75, 3.05) is 30.3 Å². The maximum atomic E-state index is 12.1. The molecular formula is C25H36N8O2. The van der Waals surface area contributed by atoms with Crippen molar-refractivity contribution in [1.82, 2.24) is 24.4 Å². The SMILES string of the molecule is C#CCOC(=O)N1CCC(Nc2nc(N[C@H]3CC[C@H](N)CC3)nc3c2ncn3C2CCCC2)CC1. The average molecular weight is 481 g/mol. The molecule has 2 aliphatic carbocycles. The average Bonchev–Trinajstić information content (AvgIpc) is 3.54. The first-order valence-corrected chi connectivity index (χ1v) is 13.0. The Bertz CT molecular complexity index is 1060. The number of ether oxygens (including phenoxy) is 1. The lowest BCUT2D eigenvalue weighted by atomic mass is 9.92. The summed E-state index contributed by atoms with van der Waals surface area (Å²) in [5.41, 5.74) is 7.80. The fourth-order valence-corrected chi connectivity index (χ4v) is 5.57. The Morgan fingerprint density at radius 2 is 1.77 bits per heavy atom. The highest BCUT2D eigenvalue weighted by atomic mass is 16.6. The Morgan fingerprint density at radius 3 is 2.49 bits per heavy atom. The molecule has 188 valence electrons. The number of rotatable bonds is 6. The predicted octanol–water partition coefficient (Wildman–Crippen LogP) is 3.27. The molecule has 1 saturated heterocycles. The lowest BCUT2D eigenvalue weighted by Gasteiger charge is -2.32. The van der Waals surface area contributed by atoms with Crippen LogP contribution in [0.1, 0.15) is 70.3 Å². The van der Waals surface area contributed by atoms with Crippen LogP contribution in [0.3, 0.4) is 0 Å². The Balaban J connectivity index is 1.33. The Labute approximate surface area is 206 Å². The molecule has 2 aromatic rings. The summed E-state index contributed by atoms with van der Waals surface area (Å²) in [5.74, 6) is 3.75. The molecule has 3 fully saturated rings. The van der Waals surface area contributed by atoms with Crippen LogP contribution in [0.2, 0.25) is 0 Å². The lowest BCUT2D eigenvalue weighted by molar-refractivity contribution is 0.105. The van der Waals surface area contributed by atoms with Crippen molar-refractivity contribution >= 4 is 29.0 Å². The second-order valence-electron chi connectivity index (χ2n) is 10.1. The van der Waals surface area contributed by atoms with Crippen molar-refractivity contribution in [3.05, 3.63) is 6.33 Å². The van der Waals surface area contributed by atoms with Crippen molar-refractivity contribution < 1.29 is 9.53 Å². The minimum absolute atomic E-state index is 0.00227. The van der Waals surface area contributed by atoms with Gasteiger partial charge in [0.2, 0.25) is 5.95 Å². The molecule has 0 bridgehead atoms. The van der Waals surface area contributed by atoms with Gasteiger partial charge in [-0.1, -0.05) is 18.8 Å². The molecule has 0 radical (unpaired) electrons. The monoisotopic (exact) mass is 480 g/mol. The molecule has 0 spiro atoms. The van der Waals surface area contributed by atoms with E-state index in [1.807, 2.05) is 6.33 Å². The first kappa shape index (κ1) is 23.7. The summed E-state index contributed by atoms with van der Waals surface area (Å²) in [7, 11) is 0. The molecule has 4 N–H and O–H groups in total. The van der Waals surface area contributed by atoms with E-state index in [4.69, 9.17) is 31.8 Å². The van der Waals surface area contributed by atoms with E-state index in [0.29, 0.717) is 37.2 Å².